The lowest BCUT2D eigenvalue weighted by atomic mass is 10.1. The van der Waals surface area contributed by atoms with Gasteiger partial charge in [0, 0.05) is 6.07 Å². The highest BCUT2D eigenvalue weighted by Crippen LogP contribution is 2.31. The van der Waals surface area contributed by atoms with Crippen LogP contribution in [0.5, 0.6) is 11.5 Å². The summed E-state index contributed by atoms with van der Waals surface area (Å²) < 4.78 is 15.4. The lowest BCUT2D eigenvalue weighted by Gasteiger charge is -2.13. The zero-order valence-corrected chi connectivity index (χ0v) is 17.2. The molecule has 30 heavy (non-hydrogen) atoms. The van der Waals surface area contributed by atoms with Crippen molar-refractivity contribution in [3.63, 3.8) is 0 Å². The minimum atomic E-state index is -0.589. The Kier molecular flexibility index (Phi) is 6.93. The van der Waals surface area contributed by atoms with Crippen LogP contribution in [0.1, 0.15) is 10.4 Å². The highest BCUT2D eigenvalue weighted by molar-refractivity contribution is 6.34. The second-order valence-corrected chi connectivity index (χ2v) is 6.66. The number of ether oxygens (including phenoxy) is 3. The van der Waals surface area contributed by atoms with Crippen LogP contribution in [0.25, 0.3) is 11.1 Å². The van der Waals surface area contributed by atoms with Crippen LogP contribution in [0.3, 0.4) is 0 Å². The van der Waals surface area contributed by atoms with Gasteiger partial charge in [0.05, 0.1) is 24.9 Å². The molecular weight excluding hydrogens is 406 g/mol. The largest absolute Gasteiger partial charge is 0.496 e. The molecule has 0 saturated heterocycles. The molecule has 0 unspecified atom stereocenters. The van der Waals surface area contributed by atoms with Crippen molar-refractivity contribution in [3.05, 3.63) is 77.3 Å². The lowest BCUT2D eigenvalue weighted by Crippen LogP contribution is -2.20. The van der Waals surface area contributed by atoms with Crippen LogP contribution < -0.4 is 14.8 Å². The van der Waals surface area contributed by atoms with E-state index in [4.69, 9.17) is 25.8 Å². The molecule has 7 heteroatoms. The predicted molar refractivity (Wildman–Crippen MR) is 115 cm³/mol. The van der Waals surface area contributed by atoms with Gasteiger partial charge in [-0.2, -0.15) is 0 Å². The van der Waals surface area contributed by atoms with E-state index in [0.717, 1.165) is 11.1 Å². The number of rotatable bonds is 7. The first-order valence-electron chi connectivity index (χ1n) is 9.06. The lowest BCUT2D eigenvalue weighted by molar-refractivity contribution is -0.118. The summed E-state index contributed by atoms with van der Waals surface area (Å²) in [4.78, 5) is 24.1. The van der Waals surface area contributed by atoms with Crippen molar-refractivity contribution in [1.82, 2.24) is 0 Å². The Morgan fingerprint density at radius 3 is 2.23 bits per heavy atom. The van der Waals surface area contributed by atoms with E-state index in [9.17, 15) is 9.59 Å². The molecule has 6 nitrogen and oxygen atoms in total. The third-order valence-corrected chi connectivity index (χ3v) is 4.61. The topological polar surface area (TPSA) is 73.9 Å². The molecule has 0 fully saturated rings. The number of anilines is 1. The predicted octanol–water partition coefficient (Wildman–Crippen LogP) is 4.82. The number of carbonyl (C=O) groups excluding carboxylic acids is 2. The van der Waals surface area contributed by atoms with Crippen LogP contribution in [0.15, 0.2) is 66.7 Å². The fourth-order valence-corrected chi connectivity index (χ4v) is 3.01. The van der Waals surface area contributed by atoms with Gasteiger partial charge in [-0.3, -0.25) is 4.79 Å². The molecule has 0 aliphatic heterocycles. The minimum absolute atomic E-state index is 0.165. The molecule has 0 spiro atoms. The third-order valence-electron chi connectivity index (χ3n) is 4.30. The van der Waals surface area contributed by atoms with Gasteiger partial charge in [-0.15, -0.1) is 0 Å². The smallest absolute Gasteiger partial charge is 0.341 e. The van der Waals surface area contributed by atoms with Gasteiger partial charge in [0.25, 0.3) is 5.91 Å². The van der Waals surface area contributed by atoms with Crippen LogP contribution in [0.4, 0.5) is 5.69 Å². The van der Waals surface area contributed by atoms with Gasteiger partial charge in [0.1, 0.15) is 17.1 Å². The van der Waals surface area contributed by atoms with Crippen molar-refractivity contribution >= 4 is 29.2 Å². The van der Waals surface area contributed by atoms with Crippen LogP contribution >= 0.6 is 11.6 Å². The van der Waals surface area contributed by atoms with Crippen molar-refractivity contribution < 1.29 is 23.8 Å². The Bertz CT molecular complexity index is 1040. The Morgan fingerprint density at radius 1 is 0.933 bits per heavy atom. The third kappa shape index (κ3) is 5.10. The quantitative estimate of drug-likeness (QED) is 0.549. The highest BCUT2D eigenvalue weighted by atomic mass is 35.5. The van der Waals surface area contributed by atoms with Gasteiger partial charge in [-0.05, 0) is 29.3 Å². The van der Waals surface area contributed by atoms with E-state index in [-0.39, 0.29) is 22.9 Å². The van der Waals surface area contributed by atoms with Gasteiger partial charge in [0.2, 0.25) is 0 Å². The first kappa shape index (κ1) is 21.2. The van der Waals surface area contributed by atoms with Gasteiger partial charge in [0.15, 0.2) is 6.61 Å². The number of methoxy groups -OCH3 is 2. The van der Waals surface area contributed by atoms with Gasteiger partial charge < -0.3 is 19.5 Å². The molecule has 0 saturated carbocycles. The maximum absolute atomic E-state index is 12.3. The first-order chi connectivity index (χ1) is 14.5. The highest BCUT2D eigenvalue weighted by Gasteiger charge is 2.17. The standard InChI is InChI=1S/C23H20ClNO5/c1-28-21-13-20(19(24)12-18(21)23(27)29-2)25-22(26)14-30-17-10-8-16(9-11-17)15-6-4-3-5-7-15/h3-13H,14H2,1-2H3,(H,25,26). The van der Waals surface area contributed by atoms with Crippen molar-refractivity contribution in [2.24, 2.45) is 0 Å². The molecule has 1 amide bonds. The maximum Gasteiger partial charge on any atom is 0.341 e. The average Bonchev–Trinajstić information content (AvgIpc) is 2.79. The van der Waals surface area contributed by atoms with Crippen molar-refractivity contribution in [2.45, 2.75) is 0 Å². The van der Waals surface area contributed by atoms with E-state index < -0.39 is 11.9 Å². The summed E-state index contributed by atoms with van der Waals surface area (Å²) in [5, 5.41) is 2.83. The zero-order chi connectivity index (χ0) is 21.5. The van der Waals surface area contributed by atoms with Crippen LogP contribution in [-0.2, 0) is 9.53 Å². The number of carbonyl (C=O) groups is 2. The number of esters is 1. The molecule has 154 valence electrons. The van der Waals surface area contributed by atoms with Crippen molar-refractivity contribution in [2.75, 3.05) is 26.1 Å². The molecule has 0 radical (unpaired) electrons. The fourth-order valence-electron chi connectivity index (χ4n) is 2.80. The van der Waals surface area contributed by atoms with E-state index in [2.05, 4.69) is 5.32 Å². The second kappa shape index (κ2) is 9.80. The molecule has 0 bridgehead atoms. The molecule has 0 heterocycles. The van der Waals surface area contributed by atoms with Crippen molar-refractivity contribution in [3.8, 4) is 22.6 Å². The molecule has 3 aromatic rings. The van der Waals surface area contributed by atoms with Gasteiger partial charge >= 0.3 is 5.97 Å². The minimum Gasteiger partial charge on any atom is -0.496 e. The number of amides is 1. The summed E-state index contributed by atoms with van der Waals surface area (Å²) in [7, 11) is 2.67. The number of benzene rings is 3. The zero-order valence-electron chi connectivity index (χ0n) is 16.5. The monoisotopic (exact) mass is 425 g/mol. The molecular formula is C23H20ClNO5. The summed E-state index contributed by atoms with van der Waals surface area (Å²) in [5.74, 6) is -0.195. The Balaban J connectivity index is 1.63. The summed E-state index contributed by atoms with van der Waals surface area (Å²) in [6, 6.07) is 20.2. The number of halogens is 1. The average molecular weight is 426 g/mol. The van der Waals surface area contributed by atoms with E-state index in [0.29, 0.717) is 11.4 Å². The normalized spacial score (nSPS) is 10.2. The summed E-state index contributed by atoms with van der Waals surface area (Å²) in [5.41, 5.74) is 2.62. The van der Waals surface area contributed by atoms with Crippen LogP contribution in [0, 0.1) is 0 Å². The molecule has 3 aromatic carbocycles. The molecule has 0 atom stereocenters. The number of hydrogen-bond donors (Lipinski definition) is 1. The van der Waals surface area contributed by atoms with E-state index in [1.54, 1.807) is 12.1 Å². The Hall–Kier alpha value is -3.51. The number of hydrogen-bond acceptors (Lipinski definition) is 5. The summed E-state index contributed by atoms with van der Waals surface area (Å²) >= 11 is 6.18. The fraction of sp³-hybridized carbons (Fsp3) is 0.130. The van der Waals surface area contributed by atoms with Gasteiger partial charge in [-0.1, -0.05) is 54.1 Å². The van der Waals surface area contributed by atoms with Crippen LogP contribution in [-0.4, -0.2) is 32.7 Å². The number of nitrogens with one attached hydrogen (secondary N) is 1. The summed E-state index contributed by atoms with van der Waals surface area (Å²) in [6.07, 6.45) is 0. The molecule has 3 rings (SSSR count). The van der Waals surface area contributed by atoms with E-state index in [1.165, 1.54) is 26.4 Å². The maximum atomic E-state index is 12.3. The van der Waals surface area contributed by atoms with E-state index in [1.807, 2.05) is 42.5 Å². The Morgan fingerprint density at radius 2 is 1.60 bits per heavy atom. The van der Waals surface area contributed by atoms with Gasteiger partial charge in [-0.25, -0.2) is 4.79 Å². The Labute approximate surface area is 179 Å². The van der Waals surface area contributed by atoms with Crippen molar-refractivity contribution in [1.29, 1.82) is 0 Å². The first-order valence-corrected chi connectivity index (χ1v) is 9.43. The molecule has 1 N–H and O–H groups in total. The second-order valence-electron chi connectivity index (χ2n) is 6.25. The van der Waals surface area contributed by atoms with Crippen LogP contribution in [0.2, 0.25) is 5.02 Å². The summed E-state index contributed by atoms with van der Waals surface area (Å²) in [6.45, 7) is -0.206. The molecule has 0 aliphatic carbocycles. The van der Waals surface area contributed by atoms with E-state index >= 15 is 0 Å². The SMILES string of the molecule is COC(=O)c1cc(Cl)c(NC(=O)COc2ccc(-c3ccccc3)cc2)cc1OC. The molecule has 0 aromatic heterocycles. The molecule has 0 aliphatic rings.